The summed E-state index contributed by atoms with van der Waals surface area (Å²) in [6, 6.07) is 10.9. The zero-order valence-corrected chi connectivity index (χ0v) is 12.8. The van der Waals surface area contributed by atoms with Crippen molar-refractivity contribution < 1.29 is 14.6 Å². The molecule has 3 rings (SSSR count). The molecule has 2 aromatic carbocycles. The summed E-state index contributed by atoms with van der Waals surface area (Å²) in [6.45, 7) is 1.73. The number of carbonyl (C=O) groups is 1. The normalized spacial score (nSPS) is 14.9. The molecule has 2 aromatic rings. The van der Waals surface area contributed by atoms with Crippen molar-refractivity contribution in [1.29, 1.82) is 0 Å². The third-order valence-corrected chi connectivity index (χ3v) is 3.76. The number of aromatic hydroxyl groups is 1. The fourth-order valence-corrected chi connectivity index (χ4v) is 2.40. The molecule has 1 aliphatic rings. The minimum absolute atomic E-state index is 0.128. The summed E-state index contributed by atoms with van der Waals surface area (Å²) in [6.07, 6.45) is 1.72. The van der Waals surface area contributed by atoms with Crippen LogP contribution in [0, 0.1) is 6.92 Å². The molecule has 0 spiro atoms. The van der Waals surface area contributed by atoms with Gasteiger partial charge < -0.3 is 14.7 Å². The number of anilines is 1. The number of hydrogen-bond donors (Lipinski definition) is 1. The smallest absolute Gasteiger partial charge is 0.231 e. The molecule has 1 heterocycles. The Morgan fingerprint density at radius 1 is 1.09 bits per heavy atom. The van der Waals surface area contributed by atoms with Crippen molar-refractivity contribution in [2.75, 3.05) is 19.0 Å². The second-order valence-electron chi connectivity index (χ2n) is 5.51. The van der Waals surface area contributed by atoms with Crippen LogP contribution in [0.25, 0.3) is 6.08 Å². The second-order valence-corrected chi connectivity index (χ2v) is 5.51. The zero-order valence-electron chi connectivity index (χ0n) is 12.8. The molecule has 0 unspecified atom stereocenters. The quantitative estimate of drug-likeness (QED) is 0.863. The van der Waals surface area contributed by atoms with Crippen LogP contribution in [0.1, 0.15) is 21.5 Å². The molecule has 0 saturated heterocycles. The predicted molar refractivity (Wildman–Crippen MR) is 86.5 cm³/mol. The summed E-state index contributed by atoms with van der Waals surface area (Å²) >= 11 is 0. The van der Waals surface area contributed by atoms with Gasteiger partial charge in [-0.2, -0.15) is 0 Å². The van der Waals surface area contributed by atoms with Crippen molar-refractivity contribution in [2.45, 2.75) is 6.92 Å². The molecular formula is C18H17NO3. The van der Waals surface area contributed by atoms with Crippen molar-refractivity contribution in [3.8, 4) is 11.5 Å². The van der Waals surface area contributed by atoms with E-state index in [1.807, 2.05) is 43.3 Å². The molecular weight excluding hydrogens is 278 g/mol. The monoisotopic (exact) mass is 295 g/mol. The van der Waals surface area contributed by atoms with Crippen molar-refractivity contribution in [3.63, 3.8) is 0 Å². The predicted octanol–water partition coefficient (Wildman–Crippen LogP) is 3.38. The van der Waals surface area contributed by atoms with Crippen LogP contribution in [-0.2, 0) is 0 Å². The maximum Gasteiger partial charge on any atom is 0.231 e. The van der Waals surface area contributed by atoms with Crippen LogP contribution in [0.15, 0.2) is 42.2 Å². The van der Waals surface area contributed by atoms with Crippen LogP contribution in [-0.4, -0.2) is 25.0 Å². The molecule has 1 N–H and O–H groups in total. The number of benzene rings is 2. The lowest BCUT2D eigenvalue weighted by molar-refractivity contribution is 0.101. The highest BCUT2D eigenvalue weighted by Crippen LogP contribution is 2.38. The van der Waals surface area contributed by atoms with E-state index in [4.69, 9.17) is 4.74 Å². The number of fused-ring (bicyclic) bond motifs is 1. The first-order valence-corrected chi connectivity index (χ1v) is 7.01. The topological polar surface area (TPSA) is 49.8 Å². The third kappa shape index (κ3) is 2.33. The summed E-state index contributed by atoms with van der Waals surface area (Å²) in [5.41, 5.74) is 3.05. The number of phenols is 1. The number of rotatable bonds is 2. The van der Waals surface area contributed by atoms with Gasteiger partial charge in [0.1, 0.15) is 11.5 Å². The summed E-state index contributed by atoms with van der Waals surface area (Å²) < 4.78 is 5.65. The van der Waals surface area contributed by atoms with Crippen LogP contribution in [0.3, 0.4) is 0 Å². The van der Waals surface area contributed by atoms with Gasteiger partial charge in [0.2, 0.25) is 5.78 Å². The number of ether oxygens (including phenoxy) is 1. The highest BCUT2D eigenvalue weighted by atomic mass is 16.5. The molecule has 0 radical (unpaired) electrons. The van der Waals surface area contributed by atoms with E-state index in [1.165, 1.54) is 6.07 Å². The van der Waals surface area contributed by atoms with Crippen molar-refractivity contribution >= 4 is 17.5 Å². The average Bonchev–Trinajstić information content (AvgIpc) is 2.81. The number of Topliss-reactive ketones (excluding diaryl/α,β-unsaturated/α-hetero) is 1. The minimum atomic E-state index is -0.158. The Kier molecular flexibility index (Phi) is 3.37. The first-order valence-electron chi connectivity index (χ1n) is 7.01. The van der Waals surface area contributed by atoms with E-state index in [0.29, 0.717) is 16.9 Å². The molecule has 0 atom stereocenters. The van der Waals surface area contributed by atoms with E-state index in [0.717, 1.165) is 11.3 Å². The number of allylic oxidation sites excluding steroid dienone is 1. The van der Waals surface area contributed by atoms with Crippen LogP contribution < -0.4 is 9.64 Å². The third-order valence-electron chi connectivity index (χ3n) is 3.76. The van der Waals surface area contributed by atoms with Crippen LogP contribution in [0.5, 0.6) is 11.5 Å². The Labute approximate surface area is 129 Å². The maximum atomic E-state index is 12.4. The van der Waals surface area contributed by atoms with E-state index < -0.39 is 0 Å². The van der Waals surface area contributed by atoms with Crippen LogP contribution in [0.4, 0.5) is 5.69 Å². The molecule has 22 heavy (non-hydrogen) atoms. The summed E-state index contributed by atoms with van der Waals surface area (Å²) in [5, 5.41) is 9.71. The van der Waals surface area contributed by atoms with E-state index in [-0.39, 0.29) is 17.3 Å². The number of phenolic OH excluding ortho intramolecular Hbond substituents is 1. The van der Waals surface area contributed by atoms with Gasteiger partial charge in [0.05, 0.1) is 5.56 Å². The van der Waals surface area contributed by atoms with E-state index in [9.17, 15) is 9.90 Å². The summed E-state index contributed by atoms with van der Waals surface area (Å²) in [7, 11) is 3.95. The van der Waals surface area contributed by atoms with Crippen molar-refractivity contribution in [2.24, 2.45) is 0 Å². The number of hydrogen-bond acceptors (Lipinski definition) is 4. The Balaban J connectivity index is 1.94. The van der Waals surface area contributed by atoms with Crippen LogP contribution >= 0.6 is 0 Å². The second kappa shape index (κ2) is 5.22. The van der Waals surface area contributed by atoms with Gasteiger partial charge >= 0.3 is 0 Å². The molecule has 0 fully saturated rings. The highest BCUT2D eigenvalue weighted by Gasteiger charge is 2.29. The van der Waals surface area contributed by atoms with Gasteiger partial charge in [0, 0.05) is 25.3 Å². The van der Waals surface area contributed by atoms with Crippen LogP contribution in [0.2, 0.25) is 0 Å². The van der Waals surface area contributed by atoms with Gasteiger partial charge in [0.15, 0.2) is 5.76 Å². The molecule has 0 aliphatic carbocycles. The van der Waals surface area contributed by atoms with Gasteiger partial charge in [-0.25, -0.2) is 0 Å². The van der Waals surface area contributed by atoms with E-state index in [2.05, 4.69) is 0 Å². The van der Waals surface area contributed by atoms with Crippen molar-refractivity contribution in [3.05, 3.63) is 58.8 Å². The van der Waals surface area contributed by atoms with Gasteiger partial charge in [0.25, 0.3) is 0 Å². The molecule has 0 aromatic heterocycles. The summed E-state index contributed by atoms with van der Waals surface area (Å²) in [4.78, 5) is 14.4. The number of nitrogens with zero attached hydrogens (tertiary/aromatic N) is 1. The molecule has 1 aliphatic heterocycles. The maximum absolute atomic E-state index is 12.4. The largest absolute Gasteiger partial charge is 0.508 e. The molecule has 4 nitrogen and oxygen atoms in total. The highest BCUT2D eigenvalue weighted by molar-refractivity contribution is 6.14. The Morgan fingerprint density at radius 2 is 1.77 bits per heavy atom. The Hall–Kier alpha value is -2.75. The number of ketones is 1. The van der Waals surface area contributed by atoms with Gasteiger partial charge in [-0.05, 0) is 42.8 Å². The first-order chi connectivity index (χ1) is 10.5. The molecule has 112 valence electrons. The number of carbonyl (C=O) groups excluding carboxylic acids is 1. The van der Waals surface area contributed by atoms with Gasteiger partial charge in [-0.1, -0.05) is 12.1 Å². The van der Waals surface area contributed by atoms with E-state index >= 15 is 0 Å². The summed E-state index contributed by atoms with van der Waals surface area (Å²) in [5.74, 6) is 0.695. The zero-order chi connectivity index (χ0) is 15.9. The Morgan fingerprint density at radius 3 is 2.41 bits per heavy atom. The first kappa shape index (κ1) is 14.2. The lowest BCUT2D eigenvalue weighted by atomic mass is 10.1. The molecule has 4 heteroatoms. The average molecular weight is 295 g/mol. The fourth-order valence-electron chi connectivity index (χ4n) is 2.40. The minimum Gasteiger partial charge on any atom is -0.508 e. The van der Waals surface area contributed by atoms with Gasteiger partial charge in [-0.15, -0.1) is 0 Å². The SMILES string of the molecule is Cc1c(O)ccc2c1O/C(=C\c1ccc(N(C)C)cc1)C2=O. The van der Waals surface area contributed by atoms with E-state index in [1.54, 1.807) is 19.1 Å². The lowest BCUT2D eigenvalue weighted by Crippen LogP contribution is -2.08. The lowest BCUT2D eigenvalue weighted by Gasteiger charge is -2.11. The molecule has 0 saturated carbocycles. The Bertz CT molecular complexity index is 774. The van der Waals surface area contributed by atoms with Gasteiger partial charge in [-0.3, -0.25) is 4.79 Å². The molecule has 0 bridgehead atoms. The van der Waals surface area contributed by atoms with Crippen molar-refractivity contribution in [1.82, 2.24) is 0 Å². The standard InChI is InChI=1S/C18H17NO3/c1-11-15(20)9-8-14-17(21)16(22-18(11)14)10-12-4-6-13(7-5-12)19(2)3/h4-10,20H,1-3H3/b16-10-. The molecule has 0 amide bonds. The fraction of sp³-hybridized carbons (Fsp3) is 0.167.